The predicted octanol–water partition coefficient (Wildman–Crippen LogP) is 2.41. The first-order valence-electron chi connectivity index (χ1n) is 8.24. The van der Waals surface area contributed by atoms with Crippen LogP contribution in [0, 0.1) is 0 Å². The number of amides is 2. The van der Waals surface area contributed by atoms with Gasteiger partial charge in [0.25, 0.3) is 0 Å². The molecule has 1 atom stereocenters. The number of carbonyl (C=O) groups excluding carboxylic acids is 2. The highest BCUT2D eigenvalue weighted by Gasteiger charge is 2.31. The monoisotopic (exact) mass is 335 g/mol. The number of nitrogens with zero attached hydrogens (tertiary/aromatic N) is 1. The van der Waals surface area contributed by atoms with Crippen LogP contribution in [0.25, 0.3) is 0 Å². The maximum atomic E-state index is 12.1. The first kappa shape index (κ1) is 16.3. The molecule has 2 fully saturated rings. The third kappa shape index (κ3) is 4.03. The van der Waals surface area contributed by atoms with Crippen LogP contribution in [0.1, 0.15) is 32.1 Å². The first-order chi connectivity index (χ1) is 11.1. The zero-order valence-electron chi connectivity index (χ0n) is 13.1. The summed E-state index contributed by atoms with van der Waals surface area (Å²) in [4.78, 5) is 26.5. The Morgan fingerprint density at radius 2 is 1.83 bits per heavy atom. The number of hydrogen-bond donors (Lipinski definition) is 2. The highest BCUT2D eigenvalue weighted by Crippen LogP contribution is 2.26. The van der Waals surface area contributed by atoms with Crippen LogP contribution in [0.5, 0.6) is 0 Å². The molecule has 1 aromatic carbocycles. The molecule has 2 N–H and O–H groups in total. The van der Waals surface area contributed by atoms with E-state index in [0.29, 0.717) is 16.8 Å². The van der Waals surface area contributed by atoms with Gasteiger partial charge in [-0.25, -0.2) is 0 Å². The molecule has 5 nitrogen and oxygen atoms in total. The number of likely N-dealkylation sites (tertiary alicyclic amines) is 1. The zero-order valence-corrected chi connectivity index (χ0v) is 13.8. The molecule has 2 amide bonds. The average Bonchev–Trinajstić information content (AvgIpc) is 3.20. The number of hydrogen-bond acceptors (Lipinski definition) is 3. The quantitative estimate of drug-likeness (QED) is 0.834. The first-order valence-corrected chi connectivity index (χ1v) is 8.61. The van der Waals surface area contributed by atoms with Gasteiger partial charge in [-0.2, -0.15) is 0 Å². The summed E-state index contributed by atoms with van der Waals surface area (Å²) in [6.45, 7) is 1.84. The Balaban J connectivity index is 1.49. The summed E-state index contributed by atoms with van der Waals surface area (Å²) in [6.07, 6.45) is 6.03. The SMILES string of the molecule is O=C(Nc1ccccc1Cl)C(=O)N[C@@H]1CCN(C2CCCC2)C1. The minimum Gasteiger partial charge on any atom is -0.344 e. The lowest BCUT2D eigenvalue weighted by Crippen LogP contribution is -2.43. The van der Waals surface area contributed by atoms with Gasteiger partial charge in [-0.1, -0.05) is 36.6 Å². The van der Waals surface area contributed by atoms with Crippen molar-refractivity contribution in [2.75, 3.05) is 18.4 Å². The second kappa shape index (κ2) is 7.32. The van der Waals surface area contributed by atoms with Crippen LogP contribution in [0.3, 0.4) is 0 Å². The van der Waals surface area contributed by atoms with E-state index in [2.05, 4.69) is 15.5 Å². The van der Waals surface area contributed by atoms with Gasteiger partial charge in [0.2, 0.25) is 0 Å². The van der Waals surface area contributed by atoms with E-state index in [0.717, 1.165) is 19.5 Å². The van der Waals surface area contributed by atoms with Crippen molar-refractivity contribution in [2.24, 2.45) is 0 Å². The van der Waals surface area contributed by atoms with E-state index in [9.17, 15) is 9.59 Å². The van der Waals surface area contributed by atoms with Gasteiger partial charge in [-0.3, -0.25) is 14.5 Å². The Morgan fingerprint density at radius 1 is 1.09 bits per heavy atom. The molecule has 1 saturated carbocycles. The minimum absolute atomic E-state index is 0.0556. The summed E-state index contributed by atoms with van der Waals surface area (Å²) < 4.78 is 0. The van der Waals surface area contributed by atoms with E-state index < -0.39 is 11.8 Å². The maximum absolute atomic E-state index is 12.1. The fraction of sp³-hybridized carbons (Fsp3) is 0.529. The molecule has 124 valence electrons. The Labute approximate surface area is 141 Å². The molecule has 1 aromatic rings. The number of nitrogens with one attached hydrogen (secondary N) is 2. The Hall–Kier alpha value is -1.59. The second-order valence-electron chi connectivity index (χ2n) is 6.33. The smallest absolute Gasteiger partial charge is 0.313 e. The molecule has 1 saturated heterocycles. The molecule has 1 aliphatic carbocycles. The molecule has 1 aliphatic heterocycles. The summed E-state index contributed by atoms with van der Waals surface area (Å²) in [6, 6.07) is 7.59. The van der Waals surface area contributed by atoms with Gasteiger partial charge in [0.05, 0.1) is 10.7 Å². The maximum Gasteiger partial charge on any atom is 0.313 e. The van der Waals surface area contributed by atoms with E-state index in [-0.39, 0.29) is 6.04 Å². The van der Waals surface area contributed by atoms with Gasteiger partial charge in [0, 0.05) is 25.2 Å². The van der Waals surface area contributed by atoms with Crippen LogP contribution in [-0.4, -0.2) is 41.9 Å². The molecule has 0 aromatic heterocycles. The van der Waals surface area contributed by atoms with E-state index in [1.54, 1.807) is 24.3 Å². The number of anilines is 1. The highest BCUT2D eigenvalue weighted by molar-refractivity contribution is 6.41. The van der Waals surface area contributed by atoms with E-state index in [4.69, 9.17) is 11.6 Å². The normalized spacial score (nSPS) is 22.2. The molecule has 0 unspecified atom stereocenters. The molecule has 3 rings (SSSR count). The van der Waals surface area contributed by atoms with Crippen LogP contribution in [0.2, 0.25) is 5.02 Å². The summed E-state index contributed by atoms with van der Waals surface area (Å²) in [7, 11) is 0. The Morgan fingerprint density at radius 3 is 2.57 bits per heavy atom. The fourth-order valence-corrected chi connectivity index (χ4v) is 3.68. The van der Waals surface area contributed by atoms with Gasteiger partial charge in [-0.15, -0.1) is 0 Å². The highest BCUT2D eigenvalue weighted by atomic mass is 35.5. The van der Waals surface area contributed by atoms with E-state index >= 15 is 0 Å². The largest absolute Gasteiger partial charge is 0.344 e. The van der Waals surface area contributed by atoms with Crippen molar-refractivity contribution in [3.8, 4) is 0 Å². The van der Waals surface area contributed by atoms with Crippen molar-refractivity contribution >= 4 is 29.1 Å². The number of halogens is 1. The average molecular weight is 336 g/mol. The molecule has 2 aliphatic rings. The van der Waals surface area contributed by atoms with Crippen molar-refractivity contribution < 1.29 is 9.59 Å². The molecule has 0 bridgehead atoms. The van der Waals surface area contributed by atoms with Crippen molar-refractivity contribution in [3.63, 3.8) is 0 Å². The molecule has 23 heavy (non-hydrogen) atoms. The van der Waals surface area contributed by atoms with E-state index in [1.165, 1.54) is 25.7 Å². The summed E-state index contributed by atoms with van der Waals surface area (Å²) in [5.74, 6) is -1.26. The third-order valence-electron chi connectivity index (χ3n) is 4.72. The van der Waals surface area contributed by atoms with Crippen LogP contribution < -0.4 is 10.6 Å². The van der Waals surface area contributed by atoms with Crippen LogP contribution >= 0.6 is 11.6 Å². The van der Waals surface area contributed by atoms with Crippen molar-refractivity contribution in [1.82, 2.24) is 10.2 Å². The van der Waals surface area contributed by atoms with Crippen LogP contribution in [0.4, 0.5) is 5.69 Å². The second-order valence-corrected chi connectivity index (χ2v) is 6.73. The van der Waals surface area contributed by atoms with Crippen LogP contribution in [-0.2, 0) is 9.59 Å². The Kier molecular flexibility index (Phi) is 5.18. The summed E-state index contributed by atoms with van der Waals surface area (Å²) in [5, 5.41) is 5.81. The van der Waals surface area contributed by atoms with Gasteiger partial charge in [0.1, 0.15) is 0 Å². The lowest BCUT2D eigenvalue weighted by Gasteiger charge is -2.23. The van der Waals surface area contributed by atoms with Gasteiger partial charge in [0.15, 0.2) is 0 Å². The molecule has 1 heterocycles. The predicted molar refractivity (Wildman–Crippen MR) is 90.5 cm³/mol. The summed E-state index contributed by atoms with van der Waals surface area (Å²) >= 11 is 5.98. The lowest BCUT2D eigenvalue weighted by molar-refractivity contribution is -0.136. The summed E-state index contributed by atoms with van der Waals surface area (Å²) in [5.41, 5.74) is 0.452. The molecule has 0 spiro atoms. The Bertz CT molecular complexity index is 587. The number of para-hydroxylation sites is 1. The number of benzene rings is 1. The fourth-order valence-electron chi connectivity index (χ4n) is 3.50. The molecule has 6 heteroatoms. The molecule has 0 radical (unpaired) electrons. The van der Waals surface area contributed by atoms with Crippen molar-refractivity contribution in [1.29, 1.82) is 0 Å². The number of rotatable bonds is 3. The lowest BCUT2D eigenvalue weighted by atomic mass is 10.2. The number of carbonyl (C=O) groups is 2. The molecular weight excluding hydrogens is 314 g/mol. The van der Waals surface area contributed by atoms with Gasteiger partial charge >= 0.3 is 11.8 Å². The minimum atomic E-state index is -0.669. The molecular formula is C17H22ClN3O2. The van der Waals surface area contributed by atoms with Gasteiger partial charge in [-0.05, 0) is 31.4 Å². The third-order valence-corrected chi connectivity index (χ3v) is 5.05. The van der Waals surface area contributed by atoms with Crippen molar-refractivity contribution in [2.45, 2.75) is 44.2 Å². The topological polar surface area (TPSA) is 61.4 Å². The standard InChI is InChI=1S/C17H22ClN3O2/c18-14-7-3-4-8-15(14)20-17(23)16(22)19-12-9-10-21(11-12)13-5-1-2-6-13/h3-4,7-8,12-13H,1-2,5-6,9-11H2,(H,19,22)(H,20,23)/t12-/m1/s1. The van der Waals surface area contributed by atoms with Crippen LogP contribution in [0.15, 0.2) is 24.3 Å². The zero-order chi connectivity index (χ0) is 16.2. The van der Waals surface area contributed by atoms with Gasteiger partial charge < -0.3 is 10.6 Å². The van der Waals surface area contributed by atoms with Crippen molar-refractivity contribution in [3.05, 3.63) is 29.3 Å². The van der Waals surface area contributed by atoms with E-state index in [1.807, 2.05) is 0 Å².